The number of hydrogen-bond acceptors (Lipinski definition) is 3. The average molecular weight is 281 g/mol. The molecular formula is C12H13BrN2O. The molecular weight excluding hydrogens is 268 g/mol. The lowest BCUT2D eigenvalue weighted by atomic mass is 10.1. The van der Waals surface area contributed by atoms with Crippen LogP contribution >= 0.6 is 15.9 Å². The van der Waals surface area contributed by atoms with Crippen LogP contribution in [0.3, 0.4) is 0 Å². The molecule has 0 amide bonds. The smallest absolute Gasteiger partial charge is 0.240 e. The van der Waals surface area contributed by atoms with Crippen LogP contribution < -0.4 is 0 Å². The molecule has 1 unspecified atom stereocenters. The predicted molar refractivity (Wildman–Crippen MR) is 66.4 cm³/mol. The molecule has 4 heteroatoms. The van der Waals surface area contributed by atoms with E-state index in [1.54, 1.807) is 0 Å². The first-order chi connectivity index (χ1) is 7.70. The highest BCUT2D eigenvalue weighted by atomic mass is 79.9. The average Bonchev–Trinajstić information content (AvgIpc) is 2.77. The van der Waals surface area contributed by atoms with E-state index in [0.29, 0.717) is 11.7 Å². The van der Waals surface area contributed by atoms with Gasteiger partial charge in [-0.3, -0.25) is 0 Å². The van der Waals surface area contributed by atoms with E-state index in [9.17, 15) is 0 Å². The fourth-order valence-electron chi connectivity index (χ4n) is 1.44. The second-order valence-corrected chi connectivity index (χ2v) is 4.81. The van der Waals surface area contributed by atoms with Crippen molar-refractivity contribution in [2.45, 2.75) is 25.1 Å². The molecule has 0 aliphatic carbocycles. The molecule has 16 heavy (non-hydrogen) atoms. The number of halogens is 1. The van der Waals surface area contributed by atoms with Gasteiger partial charge in [-0.05, 0) is 19.4 Å². The molecule has 2 aromatic rings. The third-order valence-electron chi connectivity index (χ3n) is 2.34. The number of alkyl halides is 1. The standard InChI is InChI=1S/C12H13BrN2O/c1-3-10(13)12-14-11(15-16-12)9-6-4-5-8(2)7-9/h4-7,10H,3H2,1-2H3. The molecule has 1 atom stereocenters. The summed E-state index contributed by atoms with van der Waals surface area (Å²) in [6.45, 7) is 4.11. The second-order valence-electron chi connectivity index (χ2n) is 3.70. The summed E-state index contributed by atoms with van der Waals surface area (Å²) in [6.07, 6.45) is 0.926. The van der Waals surface area contributed by atoms with Crippen molar-refractivity contribution >= 4 is 15.9 Å². The third kappa shape index (κ3) is 2.32. The summed E-state index contributed by atoms with van der Waals surface area (Å²) in [5, 5.41) is 3.98. The zero-order valence-corrected chi connectivity index (χ0v) is 10.9. The highest BCUT2D eigenvalue weighted by Gasteiger charge is 2.14. The largest absolute Gasteiger partial charge is 0.338 e. The van der Waals surface area contributed by atoms with Gasteiger partial charge in [0.1, 0.15) is 0 Å². The number of nitrogens with zero attached hydrogens (tertiary/aromatic N) is 2. The Morgan fingerprint density at radius 3 is 2.94 bits per heavy atom. The van der Waals surface area contributed by atoms with Crippen molar-refractivity contribution < 1.29 is 4.52 Å². The normalized spacial score (nSPS) is 12.7. The Kier molecular flexibility index (Phi) is 3.39. The van der Waals surface area contributed by atoms with E-state index < -0.39 is 0 Å². The number of rotatable bonds is 3. The van der Waals surface area contributed by atoms with E-state index in [2.05, 4.69) is 33.0 Å². The molecule has 0 saturated heterocycles. The zero-order valence-electron chi connectivity index (χ0n) is 9.27. The summed E-state index contributed by atoms with van der Waals surface area (Å²) in [7, 11) is 0. The SMILES string of the molecule is CCC(Br)c1nc(-c2cccc(C)c2)no1. The van der Waals surface area contributed by atoms with Crippen LogP contribution in [0, 0.1) is 6.92 Å². The minimum Gasteiger partial charge on any atom is -0.338 e. The molecule has 0 bridgehead atoms. The lowest BCUT2D eigenvalue weighted by Crippen LogP contribution is -1.87. The third-order valence-corrected chi connectivity index (χ3v) is 3.38. The molecule has 0 spiro atoms. The van der Waals surface area contributed by atoms with Crippen molar-refractivity contribution in [3.05, 3.63) is 35.7 Å². The van der Waals surface area contributed by atoms with Gasteiger partial charge in [0.2, 0.25) is 11.7 Å². The van der Waals surface area contributed by atoms with E-state index in [-0.39, 0.29) is 4.83 Å². The Balaban J connectivity index is 2.31. The van der Waals surface area contributed by atoms with Crippen molar-refractivity contribution in [2.24, 2.45) is 0 Å². The van der Waals surface area contributed by atoms with Gasteiger partial charge in [0, 0.05) is 5.56 Å². The molecule has 0 fully saturated rings. The summed E-state index contributed by atoms with van der Waals surface area (Å²) < 4.78 is 5.20. The quantitative estimate of drug-likeness (QED) is 0.801. The Labute approximate surface area is 103 Å². The van der Waals surface area contributed by atoms with Gasteiger partial charge in [0.05, 0.1) is 4.83 Å². The molecule has 1 heterocycles. The fourth-order valence-corrected chi connectivity index (χ4v) is 1.62. The van der Waals surface area contributed by atoms with Gasteiger partial charge < -0.3 is 4.52 Å². The molecule has 0 N–H and O–H groups in total. The molecule has 1 aromatic heterocycles. The van der Waals surface area contributed by atoms with Crippen LogP contribution in [0.5, 0.6) is 0 Å². The van der Waals surface area contributed by atoms with E-state index in [1.165, 1.54) is 5.56 Å². The summed E-state index contributed by atoms with van der Waals surface area (Å²) >= 11 is 3.49. The van der Waals surface area contributed by atoms with Crippen LogP contribution in [-0.4, -0.2) is 10.1 Å². The minimum absolute atomic E-state index is 0.138. The summed E-state index contributed by atoms with van der Waals surface area (Å²) in [5.41, 5.74) is 2.18. The molecule has 0 aliphatic rings. The van der Waals surface area contributed by atoms with Crippen LogP contribution in [0.15, 0.2) is 28.8 Å². The predicted octanol–water partition coefficient (Wildman–Crippen LogP) is 3.89. The monoisotopic (exact) mass is 280 g/mol. The summed E-state index contributed by atoms with van der Waals surface area (Å²) in [5.74, 6) is 1.29. The van der Waals surface area contributed by atoms with E-state index in [0.717, 1.165) is 12.0 Å². The molecule has 0 radical (unpaired) electrons. The van der Waals surface area contributed by atoms with Crippen LogP contribution in [0.4, 0.5) is 0 Å². The molecule has 1 aromatic carbocycles. The van der Waals surface area contributed by atoms with Crippen molar-refractivity contribution in [3.63, 3.8) is 0 Å². The maximum atomic E-state index is 5.20. The first kappa shape index (κ1) is 11.3. The molecule has 0 aliphatic heterocycles. The Hall–Kier alpha value is -1.16. The Morgan fingerprint density at radius 1 is 1.44 bits per heavy atom. The van der Waals surface area contributed by atoms with E-state index >= 15 is 0 Å². The van der Waals surface area contributed by atoms with Gasteiger partial charge in [-0.2, -0.15) is 4.98 Å². The van der Waals surface area contributed by atoms with Gasteiger partial charge >= 0.3 is 0 Å². The highest BCUT2D eigenvalue weighted by molar-refractivity contribution is 9.09. The maximum Gasteiger partial charge on any atom is 0.240 e. The lowest BCUT2D eigenvalue weighted by molar-refractivity contribution is 0.377. The van der Waals surface area contributed by atoms with Crippen LogP contribution in [0.25, 0.3) is 11.4 Å². The first-order valence-electron chi connectivity index (χ1n) is 5.25. The van der Waals surface area contributed by atoms with Crippen LogP contribution in [-0.2, 0) is 0 Å². The van der Waals surface area contributed by atoms with Gasteiger partial charge in [-0.1, -0.05) is 51.8 Å². The van der Waals surface area contributed by atoms with Crippen LogP contribution in [0.2, 0.25) is 0 Å². The van der Waals surface area contributed by atoms with Crippen molar-refractivity contribution in [3.8, 4) is 11.4 Å². The number of aromatic nitrogens is 2. The molecule has 2 rings (SSSR count). The van der Waals surface area contributed by atoms with Gasteiger partial charge in [-0.25, -0.2) is 0 Å². The lowest BCUT2D eigenvalue weighted by Gasteiger charge is -1.97. The van der Waals surface area contributed by atoms with Gasteiger partial charge in [-0.15, -0.1) is 0 Å². The number of aryl methyl sites for hydroxylation is 1. The van der Waals surface area contributed by atoms with Crippen molar-refractivity contribution in [2.75, 3.05) is 0 Å². The van der Waals surface area contributed by atoms with Gasteiger partial charge in [0.15, 0.2) is 0 Å². The molecule has 84 valence electrons. The van der Waals surface area contributed by atoms with Crippen molar-refractivity contribution in [1.82, 2.24) is 10.1 Å². The first-order valence-corrected chi connectivity index (χ1v) is 6.17. The number of hydrogen-bond donors (Lipinski definition) is 0. The molecule has 0 saturated carbocycles. The fraction of sp³-hybridized carbons (Fsp3) is 0.333. The van der Waals surface area contributed by atoms with Crippen molar-refractivity contribution in [1.29, 1.82) is 0 Å². The summed E-state index contributed by atoms with van der Waals surface area (Å²) in [4.78, 5) is 4.51. The molecule has 3 nitrogen and oxygen atoms in total. The maximum absolute atomic E-state index is 5.20. The number of benzene rings is 1. The minimum atomic E-state index is 0.138. The van der Waals surface area contributed by atoms with Gasteiger partial charge in [0.25, 0.3) is 0 Å². The van der Waals surface area contributed by atoms with Crippen LogP contribution in [0.1, 0.15) is 29.6 Å². The topological polar surface area (TPSA) is 38.9 Å². The van der Waals surface area contributed by atoms with E-state index in [4.69, 9.17) is 4.52 Å². The Bertz CT molecular complexity index is 481. The zero-order chi connectivity index (χ0) is 11.5. The van der Waals surface area contributed by atoms with E-state index in [1.807, 2.05) is 31.2 Å². The summed E-state index contributed by atoms with van der Waals surface area (Å²) in [6, 6.07) is 8.07. The Morgan fingerprint density at radius 2 is 2.25 bits per heavy atom. The second kappa shape index (κ2) is 4.78. The highest BCUT2D eigenvalue weighted by Crippen LogP contribution is 2.26.